The molecule has 2 saturated carbocycles. The molecule has 2 N–H and O–H groups in total. The van der Waals surface area contributed by atoms with Gasteiger partial charge < -0.3 is 10.2 Å². The minimum absolute atomic E-state index is 0.0299. The van der Waals surface area contributed by atoms with Crippen molar-refractivity contribution in [2.45, 2.75) is 79.8 Å². The number of Topliss-reactive ketones (excluding diaryl/α,β-unsaturated/α-hetero) is 5. The van der Waals surface area contributed by atoms with Crippen LogP contribution in [-0.2, 0) is 38.4 Å². The molecule has 0 amide bonds. The summed E-state index contributed by atoms with van der Waals surface area (Å²) in [5.74, 6) is -8.83. The largest absolute Gasteiger partial charge is 0.507 e. The lowest BCUT2D eigenvalue weighted by atomic mass is 9.40. The first kappa shape index (κ1) is 30.0. The van der Waals surface area contributed by atoms with Crippen molar-refractivity contribution in [1.82, 2.24) is 0 Å². The summed E-state index contributed by atoms with van der Waals surface area (Å²) in [6.07, 6.45) is 1.84. The van der Waals surface area contributed by atoms with E-state index in [1.165, 1.54) is 6.07 Å². The van der Waals surface area contributed by atoms with E-state index in [1.807, 2.05) is 13.0 Å². The smallest absolute Gasteiger partial charge is 0.190 e. The predicted molar refractivity (Wildman–Crippen MR) is 157 cm³/mol. The number of phenols is 1. The number of carbonyl (C=O) groups is 5. The zero-order valence-electron chi connectivity index (χ0n) is 25.5. The topological polar surface area (TPSA) is 126 Å². The van der Waals surface area contributed by atoms with Crippen LogP contribution in [0.2, 0.25) is 0 Å². The number of hydrogen-bond donors (Lipinski definition) is 2. The zero-order valence-corrected chi connectivity index (χ0v) is 25.5. The van der Waals surface area contributed by atoms with Crippen LogP contribution in [0, 0.1) is 34.5 Å². The average molecular weight is 573 g/mol. The van der Waals surface area contributed by atoms with Crippen LogP contribution < -0.4 is 0 Å². The summed E-state index contributed by atoms with van der Waals surface area (Å²) in [6, 6.07) is 9.53. The van der Waals surface area contributed by atoms with Crippen LogP contribution in [0.25, 0.3) is 11.1 Å². The highest BCUT2D eigenvalue weighted by Gasteiger charge is 2.76. The van der Waals surface area contributed by atoms with Crippen molar-refractivity contribution in [2.24, 2.45) is 34.5 Å². The van der Waals surface area contributed by atoms with Gasteiger partial charge in [0.25, 0.3) is 0 Å². The summed E-state index contributed by atoms with van der Waals surface area (Å²) in [5.41, 5.74) is -0.664. The molecule has 2 aromatic rings. The first-order chi connectivity index (χ1) is 19.6. The molecule has 2 fully saturated rings. The van der Waals surface area contributed by atoms with E-state index >= 15 is 0 Å². The molecule has 0 bridgehead atoms. The molecule has 222 valence electrons. The van der Waals surface area contributed by atoms with Crippen molar-refractivity contribution in [1.29, 1.82) is 0 Å². The molecule has 6 atom stereocenters. The highest BCUT2D eigenvalue weighted by atomic mass is 16.3. The van der Waals surface area contributed by atoms with Gasteiger partial charge in [0.2, 0.25) is 0 Å². The average Bonchev–Trinajstić information content (AvgIpc) is 2.90. The number of carbonyl (C=O) groups excluding carboxylic acids is 5. The number of benzene rings is 2. The Hall–Kier alpha value is -3.45. The van der Waals surface area contributed by atoms with Gasteiger partial charge in [-0.25, -0.2) is 0 Å². The maximum absolute atomic E-state index is 14.5. The lowest BCUT2D eigenvalue weighted by Gasteiger charge is -2.61. The van der Waals surface area contributed by atoms with E-state index < -0.39 is 63.1 Å². The van der Waals surface area contributed by atoms with E-state index in [0.717, 1.165) is 42.0 Å². The maximum atomic E-state index is 14.5. The molecular formula is C35H40O7. The van der Waals surface area contributed by atoms with E-state index in [1.54, 1.807) is 20.8 Å². The van der Waals surface area contributed by atoms with Crippen LogP contribution in [0.3, 0.4) is 0 Å². The number of ketones is 5. The van der Waals surface area contributed by atoms with Gasteiger partial charge in [-0.2, -0.15) is 0 Å². The number of aliphatic hydroxyl groups is 1. The van der Waals surface area contributed by atoms with Crippen molar-refractivity contribution in [3.05, 3.63) is 52.6 Å². The van der Waals surface area contributed by atoms with E-state index in [-0.39, 0.29) is 30.1 Å². The number of hydrogen-bond acceptors (Lipinski definition) is 7. The number of fused-ring (bicyclic) bond motifs is 3. The zero-order chi connectivity index (χ0) is 31.1. The molecule has 3 aliphatic carbocycles. The monoisotopic (exact) mass is 572 g/mol. The third-order valence-electron chi connectivity index (χ3n) is 10.5. The lowest BCUT2D eigenvalue weighted by Crippen LogP contribution is -2.76. The Kier molecular flexibility index (Phi) is 7.00. The summed E-state index contributed by atoms with van der Waals surface area (Å²) in [5, 5.41) is 23.2. The normalized spacial score (nSPS) is 32.5. The first-order valence-electron chi connectivity index (χ1n) is 14.9. The Bertz CT molecular complexity index is 1570. The van der Waals surface area contributed by atoms with Gasteiger partial charge in [0, 0.05) is 11.3 Å². The van der Waals surface area contributed by atoms with Gasteiger partial charge in [-0.15, -0.1) is 0 Å². The minimum atomic E-state index is -2.69. The predicted octanol–water partition coefficient (Wildman–Crippen LogP) is 4.88. The Morgan fingerprint density at radius 2 is 1.64 bits per heavy atom. The van der Waals surface area contributed by atoms with Crippen molar-refractivity contribution in [2.75, 3.05) is 0 Å². The molecule has 0 heterocycles. The van der Waals surface area contributed by atoms with Crippen LogP contribution in [0.4, 0.5) is 0 Å². The molecule has 0 radical (unpaired) electrons. The van der Waals surface area contributed by atoms with Gasteiger partial charge >= 0.3 is 0 Å². The molecule has 7 heteroatoms. The van der Waals surface area contributed by atoms with Gasteiger partial charge in [0.05, 0.1) is 11.5 Å². The molecule has 3 aliphatic rings. The Labute approximate surface area is 246 Å². The third kappa shape index (κ3) is 3.78. The van der Waals surface area contributed by atoms with Crippen molar-refractivity contribution in [3.8, 4) is 16.9 Å². The summed E-state index contributed by atoms with van der Waals surface area (Å²) in [6.45, 7) is 12.2. The summed E-state index contributed by atoms with van der Waals surface area (Å²) in [7, 11) is 0. The van der Waals surface area contributed by atoms with Crippen LogP contribution in [0.15, 0.2) is 30.3 Å². The molecule has 0 aromatic heterocycles. The molecule has 2 aromatic carbocycles. The SMILES string of the molecule is CCc1ccc(CC)c(-c2ccc(O)c3c2C[C@]2(C)C[C@]4(C)C(C(C)C)C(=O)C(C(C)=O)C(=O)[C@]4(O)C(=O)C2C3=O)c1. The summed E-state index contributed by atoms with van der Waals surface area (Å²) in [4.78, 5) is 68.8. The Morgan fingerprint density at radius 1 is 0.976 bits per heavy atom. The van der Waals surface area contributed by atoms with Crippen LogP contribution >= 0.6 is 0 Å². The summed E-state index contributed by atoms with van der Waals surface area (Å²) < 4.78 is 0. The number of aromatic hydroxyl groups is 1. The highest BCUT2D eigenvalue weighted by Crippen LogP contribution is 2.64. The molecule has 0 spiro atoms. The standard InChI is InChI=1S/C35H40O7/c1-8-19-10-11-20(9-2)22(14-19)21-12-13-24(37)26-23(21)15-33(6)16-34(7)27(17(3)4)29(38)25(18(5)36)31(40)35(34,42)32(41)28(33)30(26)39/h10-14,17,25,27-28,37,42H,8-9,15-16H2,1-7H3/t25?,27?,28?,33-,34-,35+/m1/s1. The minimum Gasteiger partial charge on any atom is -0.507 e. The molecule has 0 aliphatic heterocycles. The van der Waals surface area contributed by atoms with Gasteiger partial charge in [-0.05, 0) is 77.8 Å². The van der Waals surface area contributed by atoms with E-state index in [0.29, 0.717) is 5.56 Å². The van der Waals surface area contributed by atoms with E-state index in [9.17, 15) is 34.2 Å². The van der Waals surface area contributed by atoms with Gasteiger partial charge in [0.15, 0.2) is 28.7 Å². The summed E-state index contributed by atoms with van der Waals surface area (Å²) >= 11 is 0. The molecule has 7 nitrogen and oxygen atoms in total. The second-order valence-corrected chi connectivity index (χ2v) is 13.5. The third-order valence-corrected chi connectivity index (χ3v) is 10.5. The molecule has 5 rings (SSSR count). The Balaban J connectivity index is 1.76. The maximum Gasteiger partial charge on any atom is 0.190 e. The second-order valence-electron chi connectivity index (χ2n) is 13.5. The highest BCUT2D eigenvalue weighted by molar-refractivity contribution is 6.32. The number of aryl methyl sites for hydroxylation is 2. The second kappa shape index (κ2) is 9.80. The fourth-order valence-electron chi connectivity index (χ4n) is 8.79. The van der Waals surface area contributed by atoms with Crippen molar-refractivity contribution in [3.63, 3.8) is 0 Å². The number of rotatable bonds is 5. The van der Waals surface area contributed by atoms with Gasteiger partial charge in [0.1, 0.15) is 17.5 Å². The van der Waals surface area contributed by atoms with E-state index in [4.69, 9.17) is 0 Å². The molecular weight excluding hydrogens is 532 g/mol. The first-order valence-corrected chi connectivity index (χ1v) is 14.9. The van der Waals surface area contributed by atoms with Crippen LogP contribution in [0.5, 0.6) is 5.75 Å². The molecule has 3 unspecified atom stereocenters. The number of phenolic OH excluding ortho intramolecular Hbond substituents is 1. The molecule has 42 heavy (non-hydrogen) atoms. The van der Waals surface area contributed by atoms with E-state index in [2.05, 4.69) is 32.0 Å². The fraction of sp³-hybridized carbons (Fsp3) is 0.514. The van der Waals surface area contributed by atoms with Crippen LogP contribution in [-0.4, -0.2) is 44.7 Å². The van der Waals surface area contributed by atoms with Crippen LogP contribution in [0.1, 0.15) is 81.9 Å². The molecule has 0 saturated heterocycles. The van der Waals surface area contributed by atoms with Gasteiger partial charge in [-0.1, -0.05) is 65.8 Å². The van der Waals surface area contributed by atoms with Gasteiger partial charge in [-0.3, -0.25) is 24.0 Å². The lowest BCUT2D eigenvalue weighted by molar-refractivity contribution is -0.205. The fourth-order valence-corrected chi connectivity index (χ4v) is 8.79. The van der Waals surface area contributed by atoms with Crippen molar-refractivity contribution >= 4 is 28.9 Å². The van der Waals surface area contributed by atoms with Crippen molar-refractivity contribution < 1.29 is 34.2 Å². The Morgan fingerprint density at radius 3 is 2.21 bits per heavy atom. The quantitative estimate of drug-likeness (QED) is 0.489.